The van der Waals surface area contributed by atoms with Gasteiger partial charge < -0.3 is 30.3 Å². The Morgan fingerprint density at radius 1 is 0.686 bits per heavy atom. The van der Waals surface area contributed by atoms with Crippen LogP contribution in [-0.4, -0.2) is 71.7 Å². The number of phosphoric ester groups is 1. The van der Waals surface area contributed by atoms with E-state index in [2.05, 4.69) is 32.1 Å². The highest BCUT2D eigenvalue weighted by atomic mass is 31.2. The zero-order chi connectivity index (χ0) is 37.8. The maximum absolute atomic E-state index is 12.5. The second-order valence-corrected chi connectivity index (χ2v) is 13.9. The van der Waals surface area contributed by atoms with E-state index in [0.717, 1.165) is 44.9 Å². The van der Waals surface area contributed by atoms with Crippen LogP contribution < -0.4 is 5.73 Å². The van der Waals surface area contributed by atoms with Crippen LogP contribution in [0.4, 0.5) is 0 Å². The highest BCUT2D eigenvalue weighted by Gasteiger charge is 2.26. The van der Waals surface area contributed by atoms with Gasteiger partial charge in [-0.25, -0.2) is 4.57 Å². The number of carbonyl (C=O) groups is 2. The minimum absolute atomic E-state index is 0.0146. The summed E-state index contributed by atoms with van der Waals surface area (Å²) in [6.07, 6.45) is 31.8. The van der Waals surface area contributed by atoms with Gasteiger partial charge in [-0.3, -0.25) is 18.6 Å². The Morgan fingerprint density at radius 2 is 1.27 bits per heavy atom. The lowest BCUT2D eigenvalue weighted by molar-refractivity contribution is -0.161. The zero-order valence-electron chi connectivity index (χ0n) is 31.3. The number of phosphoric acid groups is 1. The summed E-state index contributed by atoms with van der Waals surface area (Å²) < 4.78 is 32.4. The van der Waals surface area contributed by atoms with Gasteiger partial charge in [-0.05, 0) is 57.8 Å². The molecule has 0 aromatic carbocycles. The minimum atomic E-state index is -4.43. The van der Waals surface area contributed by atoms with Crippen LogP contribution in [0.2, 0.25) is 0 Å². The number of aliphatic hydroxyl groups is 2. The van der Waals surface area contributed by atoms with Crippen LogP contribution in [0.15, 0.2) is 60.8 Å². The number of nitrogens with two attached hydrogens (primary N) is 1. The molecule has 5 N–H and O–H groups in total. The molecule has 0 amide bonds. The smallest absolute Gasteiger partial charge is 0.462 e. The van der Waals surface area contributed by atoms with Gasteiger partial charge in [-0.15, -0.1) is 0 Å². The second-order valence-electron chi connectivity index (χ2n) is 12.5. The number of ether oxygens (including phenoxy) is 2. The first kappa shape index (κ1) is 48.6. The molecule has 0 radical (unpaired) electrons. The summed E-state index contributed by atoms with van der Waals surface area (Å²) in [6.45, 7) is 3.30. The van der Waals surface area contributed by atoms with Gasteiger partial charge >= 0.3 is 19.8 Å². The summed E-state index contributed by atoms with van der Waals surface area (Å²) in [5.41, 5.74) is 5.31. The number of aliphatic hydroxyl groups excluding tert-OH is 2. The molecule has 4 atom stereocenters. The molecule has 1 unspecified atom stereocenters. The standard InChI is InChI=1S/C39H68NO10P/c1-3-5-7-9-11-12-13-14-15-17-23-29-39(44)50-37(34-49-51(45,46)48-32-31-40)33-47-38(43)30-24-28-36(42)27-22-19-18-21-26-35(41)25-20-16-10-8-6-4-2/h9,11,16,18-22,26-27,35-37,41-42H,3-8,10,12-15,17,23-25,28-34,40H2,1-2H3,(H,45,46)/b11-9-,19-18+,20-16-,26-21+,27-22-/t35-,36-,37-/m1/s1. The Bertz CT molecular complexity index is 1060. The van der Waals surface area contributed by atoms with Crippen molar-refractivity contribution in [2.75, 3.05) is 26.4 Å². The predicted octanol–water partition coefficient (Wildman–Crippen LogP) is 8.10. The predicted molar refractivity (Wildman–Crippen MR) is 204 cm³/mol. The molecule has 11 nitrogen and oxygen atoms in total. The monoisotopic (exact) mass is 741 g/mol. The zero-order valence-corrected chi connectivity index (χ0v) is 32.2. The van der Waals surface area contributed by atoms with Crippen molar-refractivity contribution in [2.45, 2.75) is 148 Å². The highest BCUT2D eigenvalue weighted by Crippen LogP contribution is 2.43. The fourth-order valence-electron chi connectivity index (χ4n) is 4.63. The van der Waals surface area contributed by atoms with Crippen LogP contribution in [0, 0.1) is 0 Å². The molecule has 0 aliphatic rings. The molecule has 0 fully saturated rings. The molecule has 0 heterocycles. The summed E-state index contributed by atoms with van der Waals surface area (Å²) in [5.74, 6) is -1.09. The van der Waals surface area contributed by atoms with E-state index in [9.17, 15) is 29.3 Å². The number of unbranched alkanes of at least 4 members (excludes halogenated alkanes) is 10. The minimum Gasteiger partial charge on any atom is -0.462 e. The first-order valence-corrected chi connectivity index (χ1v) is 20.5. The molecule has 0 rings (SSSR count). The van der Waals surface area contributed by atoms with E-state index in [0.29, 0.717) is 25.7 Å². The van der Waals surface area contributed by atoms with Gasteiger partial charge in [-0.1, -0.05) is 120 Å². The van der Waals surface area contributed by atoms with Crippen LogP contribution in [0.25, 0.3) is 0 Å². The number of rotatable bonds is 34. The van der Waals surface area contributed by atoms with Crippen molar-refractivity contribution in [2.24, 2.45) is 5.73 Å². The molecule has 51 heavy (non-hydrogen) atoms. The van der Waals surface area contributed by atoms with Gasteiger partial charge in [0.15, 0.2) is 6.10 Å². The molecule has 0 aliphatic heterocycles. The fourth-order valence-corrected chi connectivity index (χ4v) is 5.40. The summed E-state index contributed by atoms with van der Waals surface area (Å²) in [4.78, 5) is 34.7. The quantitative estimate of drug-likeness (QED) is 0.0165. The van der Waals surface area contributed by atoms with Crippen molar-refractivity contribution >= 4 is 19.8 Å². The van der Waals surface area contributed by atoms with Crippen molar-refractivity contribution in [3.63, 3.8) is 0 Å². The van der Waals surface area contributed by atoms with Crippen molar-refractivity contribution in [1.82, 2.24) is 0 Å². The van der Waals surface area contributed by atoms with E-state index in [1.165, 1.54) is 32.1 Å². The summed E-state index contributed by atoms with van der Waals surface area (Å²) >= 11 is 0. The topological polar surface area (TPSA) is 175 Å². The SMILES string of the molecule is CCCC/C=C\CCCCCCCC(=O)O[C@H](COC(=O)CCC[C@H](O)\C=C/C=C/C=C/[C@H](O)C/C=C\CCCCC)COP(=O)(O)OCCN. The highest BCUT2D eigenvalue weighted by molar-refractivity contribution is 7.47. The normalized spacial score (nSPS) is 15.3. The summed E-state index contributed by atoms with van der Waals surface area (Å²) in [7, 11) is -4.43. The number of carbonyl (C=O) groups excluding carboxylic acids is 2. The van der Waals surface area contributed by atoms with Crippen LogP contribution in [0.3, 0.4) is 0 Å². The van der Waals surface area contributed by atoms with Crippen molar-refractivity contribution in [3.05, 3.63) is 60.8 Å². The Kier molecular flexibility index (Phi) is 33.1. The van der Waals surface area contributed by atoms with E-state index in [1.807, 2.05) is 6.08 Å². The Morgan fingerprint density at radius 3 is 1.96 bits per heavy atom. The number of esters is 2. The molecule has 12 heteroatoms. The number of hydrogen-bond acceptors (Lipinski definition) is 10. The molecule has 0 aromatic heterocycles. The largest absolute Gasteiger partial charge is 0.472 e. The molecular formula is C39H68NO10P. The van der Waals surface area contributed by atoms with Gasteiger partial charge in [0.2, 0.25) is 0 Å². The Hall–Kier alpha value is -2.37. The molecule has 0 saturated heterocycles. The molecule has 0 spiro atoms. The number of allylic oxidation sites excluding steroid dienone is 7. The Labute approximate surface area is 307 Å². The molecule has 0 saturated carbocycles. The lowest BCUT2D eigenvalue weighted by atomic mass is 10.1. The van der Waals surface area contributed by atoms with Crippen LogP contribution >= 0.6 is 7.82 Å². The third-order valence-corrected chi connectivity index (χ3v) is 8.55. The summed E-state index contributed by atoms with van der Waals surface area (Å²) in [5, 5.41) is 20.2. The van der Waals surface area contributed by atoms with Crippen molar-refractivity contribution in [3.8, 4) is 0 Å². The van der Waals surface area contributed by atoms with E-state index >= 15 is 0 Å². The summed E-state index contributed by atoms with van der Waals surface area (Å²) in [6, 6.07) is 0. The lowest BCUT2D eigenvalue weighted by Crippen LogP contribution is -2.29. The molecule has 0 bridgehead atoms. The molecular weight excluding hydrogens is 673 g/mol. The maximum atomic E-state index is 12.5. The maximum Gasteiger partial charge on any atom is 0.472 e. The first-order chi connectivity index (χ1) is 24.6. The van der Waals surface area contributed by atoms with E-state index in [4.69, 9.17) is 24.3 Å². The van der Waals surface area contributed by atoms with Gasteiger partial charge in [0, 0.05) is 19.4 Å². The lowest BCUT2D eigenvalue weighted by Gasteiger charge is -2.20. The molecule has 294 valence electrons. The molecule has 0 aromatic rings. The third-order valence-electron chi connectivity index (χ3n) is 7.57. The van der Waals surface area contributed by atoms with Gasteiger partial charge in [0.1, 0.15) is 6.61 Å². The van der Waals surface area contributed by atoms with Crippen molar-refractivity contribution < 1.29 is 47.8 Å². The average molecular weight is 742 g/mol. The Balaban J connectivity index is 4.52. The third kappa shape index (κ3) is 34.5. The van der Waals surface area contributed by atoms with E-state index in [1.54, 1.807) is 36.5 Å². The van der Waals surface area contributed by atoms with Gasteiger partial charge in [0.05, 0.1) is 25.4 Å². The molecule has 0 aliphatic carbocycles. The van der Waals surface area contributed by atoms with E-state index < -0.39 is 44.7 Å². The van der Waals surface area contributed by atoms with Crippen LogP contribution in [0.5, 0.6) is 0 Å². The average Bonchev–Trinajstić information content (AvgIpc) is 3.10. The fraction of sp³-hybridized carbons (Fsp3) is 0.692. The van der Waals surface area contributed by atoms with E-state index in [-0.39, 0.29) is 32.6 Å². The number of hydrogen-bond donors (Lipinski definition) is 4. The van der Waals surface area contributed by atoms with Crippen molar-refractivity contribution in [1.29, 1.82) is 0 Å². The van der Waals surface area contributed by atoms with Crippen LogP contribution in [-0.2, 0) is 32.7 Å². The first-order valence-electron chi connectivity index (χ1n) is 19.0. The van der Waals surface area contributed by atoms with Gasteiger partial charge in [0.25, 0.3) is 0 Å². The second kappa shape index (κ2) is 34.7. The van der Waals surface area contributed by atoms with Crippen LogP contribution in [0.1, 0.15) is 129 Å². The van der Waals surface area contributed by atoms with Gasteiger partial charge in [-0.2, -0.15) is 0 Å².